The predicted molar refractivity (Wildman–Crippen MR) is 79.3 cm³/mol. The van der Waals surface area contributed by atoms with Crippen LogP contribution in [0.1, 0.15) is 26.7 Å². The number of anilines is 2. The van der Waals surface area contributed by atoms with Gasteiger partial charge in [-0.1, -0.05) is 13.8 Å². The highest BCUT2D eigenvalue weighted by Crippen LogP contribution is 2.28. The molecule has 1 saturated heterocycles. The van der Waals surface area contributed by atoms with Crippen LogP contribution in [0.5, 0.6) is 0 Å². The average molecular weight is 264 g/mol. The Morgan fingerprint density at radius 3 is 2.56 bits per heavy atom. The normalized spacial score (nSPS) is 22.8. The van der Waals surface area contributed by atoms with E-state index in [2.05, 4.69) is 17.6 Å². The monoisotopic (exact) mass is 264 g/mol. The van der Waals surface area contributed by atoms with Gasteiger partial charge < -0.3 is 10.6 Å². The number of amides is 1. The van der Waals surface area contributed by atoms with E-state index in [0.717, 1.165) is 16.6 Å². The Morgan fingerprint density at radius 1 is 1.33 bits per heavy atom. The fraction of sp³-hybridized carbons (Fsp3) is 0.500. The number of thioether (sulfide) groups is 1. The summed E-state index contributed by atoms with van der Waals surface area (Å²) in [5.74, 6) is 1.23. The lowest BCUT2D eigenvalue weighted by atomic mass is 10.2. The molecular formula is C14H20N2OS. The summed E-state index contributed by atoms with van der Waals surface area (Å²) < 4.78 is 0. The van der Waals surface area contributed by atoms with Gasteiger partial charge in [-0.3, -0.25) is 4.79 Å². The van der Waals surface area contributed by atoms with Gasteiger partial charge in [0.15, 0.2) is 0 Å². The third-order valence-corrected chi connectivity index (χ3v) is 4.42. The molecule has 1 aliphatic heterocycles. The van der Waals surface area contributed by atoms with E-state index in [1.807, 2.05) is 43.0 Å². The molecule has 1 amide bonds. The van der Waals surface area contributed by atoms with E-state index in [0.29, 0.717) is 12.5 Å². The van der Waals surface area contributed by atoms with Gasteiger partial charge in [-0.05, 0) is 30.7 Å². The minimum absolute atomic E-state index is 0.0525. The number of hydrogen-bond acceptors (Lipinski definition) is 3. The smallest absolute Gasteiger partial charge is 0.224 e. The molecule has 1 heterocycles. The van der Waals surface area contributed by atoms with Crippen LogP contribution in [0.3, 0.4) is 0 Å². The van der Waals surface area contributed by atoms with Crippen LogP contribution in [0.2, 0.25) is 0 Å². The van der Waals surface area contributed by atoms with E-state index >= 15 is 0 Å². The maximum Gasteiger partial charge on any atom is 0.224 e. The summed E-state index contributed by atoms with van der Waals surface area (Å²) in [5, 5.41) is 7.14. The molecule has 0 spiro atoms. The molecule has 18 heavy (non-hydrogen) atoms. The zero-order chi connectivity index (χ0) is 13.0. The molecule has 1 aromatic rings. The van der Waals surface area contributed by atoms with Gasteiger partial charge in [0.1, 0.15) is 0 Å². The molecule has 2 N–H and O–H groups in total. The van der Waals surface area contributed by atoms with Gasteiger partial charge in [-0.2, -0.15) is 11.8 Å². The first-order valence-electron chi connectivity index (χ1n) is 6.45. The van der Waals surface area contributed by atoms with Crippen molar-refractivity contribution in [3.05, 3.63) is 24.3 Å². The van der Waals surface area contributed by atoms with E-state index in [9.17, 15) is 4.79 Å². The maximum atomic E-state index is 11.3. The quantitative estimate of drug-likeness (QED) is 0.876. The molecule has 0 radical (unpaired) electrons. The summed E-state index contributed by atoms with van der Waals surface area (Å²) in [6.45, 7) is 4.12. The highest BCUT2D eigenvalue weighted by molar-refractivity contribution is 8.00. The zero-order valence-corrected chi connectivity index (χ0v) is 11.7. The summed E-state index contributed by atoms with van der Waals surface area (Å²) >= 11 is 2.02. The van der Waals surface area contributed by atoms with Crippen molar-refractivity contribution in [2.75, 3.05) is 16.4 Å². The molecule has 2 rings (SSSR count). The average Bonchev–Trinajstić information content (AvgIpc) is 2.77. The van der Waals surface area contributed by atoms with Crippen LogP contribution in [0.25, 0.3) is 0 Å². The molecule has 0 saturated carbocycles. The van der Waals surface area contributed by atoms with Crippen molar-refractivity contribution in [3.8, 4) is 0 Å². The van der Waals surface area contributed by atoms with E-state index in [1.165, 1.54) is 12.2 Å². The summed E-state index contributed by atoms with van der Waals surface area (Å²) in [6.07, 6.45) is 1.73. The molecule has 0 bridgehead atoms. The fourth-order valence-electron chi connectivity index (χ4n) is 2.05. The van der Waals surface area contributed by atoms with Crippen LogP contribution < -0.4 is 10.6 Å². The van der Waals surface area contributed by atoms with Gasteiger partial charge in [0, 0.05) is 34.8 Å². The number of benzene rings is 1. The Labute approximate surface area is 113 Å². The molecular weight excluding hydrogens is 244 g/mol. The van der Waals surface area contributed by atoms with Crippen molar-refractivity contribution >= 4 is 29.0 Å². The molecule has 2 atom stereocenters. The molecule has 0 aromatic heterocycles. The number of hydrogen-bond donors (Lipinski definition) is 2. The Hall–Kier alpha value is -1.16. The lowest BCUT2D eigenvalue weighted by Gasteiger charge is -2.13. The molecule has 1 aromatic carbocycles. The van der Waals surface area contributed by atoms with Crippen LogP contribution >= 0.6 is 11.8 Å². The van der Waals surface area contributed by atoms with Gasteiger partial charge in [0.05, 0.1) is 0 Å². The number of rotatable bonds is 4. The third-order valence-electron chi connectivity index (χ3n) is 3.06. The molecule has 0 aliphatic carbocycles. The Kier molecular flexibility index (Phi) is 4.53. The lowest BCUT2D eigenvalue weighted by Crippen LogP contribution is -2.18. The second kappa shape index (κ2) is 6.14. The minimum Gasteiger partial charge on any atom is -0.381 e. The van der Waals surface area contributed by atoms with Crippen molar-refractivity contribution < 1.29 is 4.79 Å². The van der Waals surface area contributed by atoms with Gasteiger partial charge in [0.25, 0.3) is 0 Å². The fourth-order valence-corrected chi connectivity index (χ4v) is 3.20. The van der Waals surface area contributed by atoms with Crippen molar-refractivity contribution in [1.29, 1.82) is 0 Å². The SMILES string of the molecule is CCC(=O)Nc1ccc(NC2CSC(C)C2)cc1. The van der Waals surface area contributed by atoms with Crippen LogP contribution in [-0.4, -0.2) is 23.0 Å². The third kappa shape index (κ3) is 3.67. The topological polar surface area (TPSA) is 41.1 Å². The molecule has 3 nitrogen and oxygen atoms in total. The molecule has 4 heteroatoms. The number of carbonyl (C=O) groups excluding carboxylic acids is 1. The van der Waals surface area contributed by atoms with Crippen molar-refractivity contribution in [2.45, 2.75) is 38.0 Å². The van der Waals surface area contributed by atoms with Gasteiger partial charge in [-0.25, -0.2) is 0 Å². The number of carbonyl (C=O) groups is 1. The zero-order valence-electron chi connectivity index (χ0n) is 10.9. The second-order valence-corrected chi connectivity index (χ2v) is 6.17. The largest absolute Gasteiger partial charge is 0.381 e. The first-order chi connectivity index (χ1) is 8.67. The minimum atomic E-state index is 0.0525. The Morgan fingerprint density at radius 2 is 2.00 bits per heavy atom. The standard InChI is InChI=1S/C14H20N2OS/c1-3-14(17)16-12-6-4-11(5-7-12)15-13-8-10(2)18-9-13/h4-7,10,13,15H,3,8-9H2,1-2H3,(H,16,17). The molecule has 2 unspecified atom stereocenters. The molecule has 1 aliphatic rings. The summed E-state index contributed by atoms with van der Waals surface area (Å²) in [5.41, 5.74) is 1.99. The highest BCUT2D eigenvalue weighted by Gasteiger charge is 2.21. The Bertz CT molecular complexity index is 405. The maximum absolute atomic E-state index is 11.3. The van der Waals surface area contributed by atoms with Gasteiger partial charge in [-0.15, -0.1) is 0 Å². The first-order valence-corrected chi connectivity index (χ1v) is 7.50. The van der Waals surface area contributed by atoms with Crippen molar-refractivity contribution in [1.82, 2.24) is 0 Å². The molecule has 1 fully saturated rings. The highest BCUT2D eigenvalue weighted by atomic mass is 32.2. The lowest BCUT2D eigenvalue weighted by molar-refractivity contribution is -0.115. The van der Waals surface area contributed by atoms with Crippen LogP contribution in [-0.2, 0) is 4.79 Å². The second-order valence-electron chi connectivity index (χ2n) is 4.70. The van der Waals surface area contributed by atoms with E-state index in [-0.39, 0.29) is 5.91 Å². The van der Waals surface area contributed by atoms with Crippen LogP contribution in [0.15, 0.2) is 24.3 Å². The summed E-state index contributed by atoms with van der Waals surface area (Å²) in [6, 6.07) is 8.52. The van der Waals surface area contributed by atoms with E-state index < -0.39 is 0 Å². The predicted octanol–water partition coefficient (Wildman–Crippen LogP) is 3.34. The molecule has 98 valence electrons. The van der Waals surface area contributed by atoms with Gasteiger partial charge >= 0.3 is 0 Å². The van der Waals surface area contributed by atoms with E-state index in [1.54, 1.807) is 0 Å². The van der Waals surface area contributed by atoms with Crippen LogP contribution in [0, 0.1) is 0 Å². The van der Waals surface area contributed by atoms with E-state index in [4.69, 9.17) is 0 Å². The van der Waals surface area contributed by atoms with Crippen molar-refractivity contribution in [3.63, 3.8) is 0 Å². The summed E-state index contributed by atoms with van der Waals surface area (Å²) in [4.78, 5) is 11.3. The Balaban J connectivity index is 1.89. The summed E-state index contributed by atoms with van der Waals surface area (Å²) in [7, 11) is 0. The van der Waals surface area contributed by atoms with Gasteiger partial charge in [0.2, 0.25) is 5.91 Å². The number of nitrogens with one attached hydrogen (secondary N) is 2. The first kappa shape index (κ1) is 13.3. The van der Waals surface area contributed by atoms with Crippen LogP contribution in [0.4, 0.5) is 11.4 Å². The van der Waals surface area contributed by atoms with Crippen molar-refractivity contribution in [2.24, 2.45) is 0 Å².